The molecule has 0 aliphatic heterocycles. The minimum absolute atomic E-state index is 0.0299. The number of fused-ring (bicyclic) bond motifs is 1. The summed E-state index contributed by atoms with van der Waals surface area (Å²) in [5.41, 5.74) is 1.43. The van der Waals surface area contributed by atoms with E-state index in [0.717, 1.165) is 15.3 Å². The minimum Gasteiger partial charge on any atom is -0.360 e. The molecule has 0 fully saturated rings. The van der Waals surface area contributed by atoms with Gasteiger partial charge in [0.2, 0.25) is 0 Å². The first kappa shape index (κ1) is 22.1. The Morgan fingerprint density at radius 1 is 0.969 bits per heavy atom. The second kappa shape index (κ2) is 9.56. The van der Waals surface area contributed by atoms with Crippen molar-refractivity contribution in [3.05, 3.63) is 83.4 Å². The van der Waals surface area contributed by atoms with E-state index in [2.05, 4.69) is 20.3 Å². The van der Waals surface area contributed by atoms with Gasteiger partial charge in [0.1, 0.15) is 0 Å². The predicted octanol–water partition coefficient (Wildman–Crippen LogP) is 4.59. The lowest BCUT2D eigenvalue weighted by Gasteiger charge is -2.11. The Morgan fingerprint density at radius 2 is 1.75 bits per heavy atom. The van der Waals surface area contributed by atoms with Crippen LogP contribution >= 0.6 is 22.9 Å². The van der Waals surface area contributed by atoms with Gasteiger partial charge < -0.3 is 10.6 Å². The molecule has 4 aromatic rings. The van der Waals surface area contributed by atoms with Gasteiger partial charge >= 0.3 is 0 Å². The molecule has 4 rings (SSSR count). The van der Waals surface area contributed by atoms with Crippen molar-refractivity contribution >= 4 is 59.9 Å². The predicted molar refractivity (Wildman–Crippen MR) is 129 cm³/mol. The van der Waals surface area contributed by atoms with Gasteiger partial charge in [0, 0.05) is 18.7 Å². The van der Waals surface area contributed by atoms with Crippen LogP contribution < -0.4 is 15.4 Å². The van der Waals surface area contributed by atoms with Crippen LogP contribution in [-0.4, -0.2) is 32.4 Å². The number of rotatable bonds is 8. The number of anilines is 2. The summed E-state index contributed by atoms with van der Waals surface area (Å²) < 4.78 is 28.9. The average Bonchev–Trinajstić information content (AvgIpc) is 3.21. The van der Waals surface area contributed by atoms with Crippen molar-refractivity contribution in [1.29, 1.82) is 0 Å². The zero-order chi connectivity index (χ0) is 22.6. The molecule has 0 atom stereocenters. The van der Waals surface area contributed by atoms with E-state index in [4.69, 9.17) is 11.6 Å². The van der Waals surface area contributed by atoms with Crippen LogP contribution in [0.25, 0.3) is 10.2 Å². The van der Waals surface area contributed by atoms with E-state index < -0.39 is 10.0 Å². The van der Waals surface area contributed by atoms with Crippen LogP contribution in [0.3, 0.4) is 0 Å². The second-order valence-corrected chi connectivity index (χ2v) is 9.90. The van der Waals surface area contributed by atoms with Crippen LogP contribution in [0.15, 0.2) is 77.7 Å². The lowest BCUT2D eigenvalue weighted by molar-refractivity contribution is 0.0955. The van der Waals surface area contributed by atoms with Crippen molar-refractivity contribution in [2.45, 2.75) is 4.90 Å². The van der Waals surface area contributed by atoms with Crippen molar-refractivity contribution in [2.75, 3.05) is 23.1 Å². The highest BCUT2D eigenvalue weighted by Gasteiger charge is 2.17. The number of thiazole rings is 1. The van der Waals surface area contributed by atoms with Gasteiger partial charge in [-0.05, 0) is 42.5 Å². The maximum absolute atomic E-state index is 12.7. The second-order valence-electron chi connectivity index (χ2n) is 6.78. The first-order chi connectivity index (χ1) is 15.4. The number of carbonyl (C=O) groups is 1. The maximum atomic E-state index is 12.7. The number of halogens is 1. The van der Waals surface area contributed by atoms with E-state index in [1.807, 2.05) is 24.3 Å². The molecule has 0 radical (unpaired) electrons. The van der Waals surface area contributed by atoms with Gasteiger partial charge in [-0.15, -0.1) is 0 Å². The molecule has 0 saturated carbocycles. The molecule has 10 heteroatoms. The third kappa shape index (κ3) is 5.18. The zero-order valence-corrected chi connectivity index (χ0v) is 19.1. The quantitative estimate of drug-likeness (QED) is 0.316. The van der Waals surface area contributed by atoms with Crippen LogP contribution in [0.1, 0.15) is 10.4 Å². The first-order valence-corrected chi connectivity index (χ1v) is 12.4. The van der Waals surface area contributed by atoms with E-state index >= 15 is 0 Å². The van der Waals surface area contributed by atoms with Crippen LogP contribution in [-0.2, 0) is 10.0 Å². The Morgan fingerprint density at radius 3 is 2.56 bits per heavy atom. The SMILES string of the molecule is O=C(NCCNc1nc2ccccc2s1)c1cccc(S(=O)(=O)Nc2ccccc2Cl)c1. The first-order valence-electron chi connectivity index (χ1n) is 9.67. The van der Waals surface area contributed by atoms with Crippen LogP contribution in [0.2, 0.25) is 5.02 Å². The molecule has 0 bridgehead atoms. The molecule has 1 aromatic heterocycles. The lowest BCUT2D eigenvalue weighted by atomic mass is 10.2. The van der Waals surface area contributed by atoms with Crippen molar-refractivity contribution in [1.82, 2.24) is 10.3 Å². The largest absolute Gasteiger partial charge is 0.360 e. The average molecular weight is 487 g/mol. The fourth-order valence-corrected chi connectivity index (χ4v) is 5.20. The summed E-state index contributed by atoms with van der Waals surface area (Å²) in [6.45, 7) is 0.835. The number of amides is 1. The zero-order valence-electron chi connectivity index (χ0n) is 16.7. The third-order valence-corrected chi connectivity index (χ3v) is 7.19. The fraction of sp³-hybridized carbons (Fsp3) is 0.0909. The number of sulfonamides is 1. The van der Waals surface area contributed by atoms with Crippen molar-refractivity contribution in [3.63, 3.8) is 0 Å². The molecule has 0 unspecified atom stereocenters. The lowest BCUT2D eigenvalue weighted by Crippen LogP contribution is -2.29. The van der Waals surface area contributed by atoms with Crippen LogP contribution in [0.4, 0.5) is 10.8 Å². The molecule has 32 heavy (non-hydrogen) atoms. The van der Waals surface area contributed by atoms with Gasteiger partial charge in [-0.1, -0.05) is 53.3 Å². The Kier molecular flexibility index (Phi) is 6.59. The smallest absolute Gasteiger partial charge is 0.261 e. The molecular formula is C22H19ClN4O3S2. The Balaban J connectivity index is 1.36. The topological polar surface area (TPSA) is 100 Å². The maximum Gasteiger partial charge on any atom is 0.261 e. The Bertz CT molecular complexity index is 1340. The molecule has 7 nitrogen and oxygen atoms in total. The Hall–Kier alpha value is -3.14. The fourth-order valence-electron chi connectivity index (χ4n) is 2.95. The van der Waals surface area contributed by atoms with Crippen LogP contribution in [0, 0.1) is 0 Å². The molecule has 3 aromatic carbocycles. The molecule has 164 valence electrons. The summed E-state index contributed by atoms with van der Waals surface area (Å²) >= 11 is 7.58. The molecule has 1 amide bonds. The van der Waals surface area contributed by atoms with Gasteiger partial charge in [0.05, 0.1) is 25.8 Å². The summed E-state index contributed by atoms with van der Waals surface area (Å²) in [6, 6.07) is 20.2. The standard InChI is InChI=1S/C22H19ClN4O3S2/c23-17-8-1-2-9-18(17)27-32(29,30)16-7-5-6-15(14-16)21(28)24-12-13-25-22-26-19-10-3-4-11-20(19)31-22/h1-11,14,27H,12-13H2,(H,24,28)(H,25,26). The normalized spacial score (nSPS) is 11.3. The molecule has 0 aliphatic rings. The number of aromatic nitrogens is 1. The number of benzene rings is 3. The molecule has 1 heterocycles. The highest BCUT2D eigenvalue weighted by molar-refractivity contribution is 7.92. The third-order valence-electron chi connectivity index (χ3n) is 4.51. The number of nitrogens with zero attached hydrogens (tertiary/aromatic N) is 1. The van der Waals surface area contributed by atoms with E-state index in [1.165, 1.54) is 18.2 Å². The molecule has 3 N–H and O–H groups in total. The number of nitrogens with one attached hydrogen (secondary N) is 3. The summed E-state index contributed by atoms with van der Waals surface area (Å²) in [4.78, 5) is 16.9. The minimum atomic E-state index is -3.90. The van der Waals surface area contributed by atoms with Gasteiger partial charge in [-0.2, -0.15) is 0 Å². The Labute approximate surface area is 194 Å². The number of carbonyl (C=O) groups excluding carboxylic acids is 1. The van der Waals surface area contributed by atoms with Gasteiger partial charge in [-0.25, -0.2) is 13.4 Å². The van der Waals surface area contributed by atoms with Crippen molar-refractivity contribution in [3.8, 4) is 0 Å². The molecule has 0 spiro atoms. The van der Waals surface area contributed by atoms with Gasteiger partial charge in [0.25, 0.3) is 15.9 Å². The van der Waals surface area contributed by atoms with E-state index in [-0.39, 0.29) is 27.1 Å². The van der Waals surface area contributed by atoms with Crippen molar-refractivity contribution < 1.29 is 13.2 Å². The number of hydrogen-bond donors (Lipinski definition) is 3. The van der Waals surface area contributed by atoms with E-state index in [0.29, 0.717) is 13.1 Å². The summed E-state index contributed by atoms with van der Waals surface area (Å²) in [5, 5.41) is 7.02. The van der Waals surface area contributed by atoms with E-state index in [9.17, 15) is 13.2 Å². The summed E-state index contributed by atoms with van der Waals surface area (Å²) in [7, 11) is -3.90. The highest BCUT2D eigenvalue weighted by atomic mass is 35.5. The number of para-hydroxylation sites is 2. The highest BCUT2D eigenvalue weighted by Crippen LogP contribution is 2.25. The molecular weight excluding hydrogens is 468 g/mol. The van der Waals surface area contributed by atoms with Crippen molar-refractivity contribution in [2.24, 2.45) is 0 Å². The number of hydrogen-bond acceptors (Lipinski definition) is 6. The van der Waals surface area contributed by atoms with Crippen LogP contribution in [0.5, 0.6) is 0 Å². The van der Waals surface area contributed by atoms with E-state index in [1.54, 1.807) is 41.7 Å². The summed E-state index contributed by atoms with van der Waals surface area (Å²) in [6.07, 6.45) is 0. The summed E-state index contributed by atoms with van der Waals surface area (Å²) in [5.74, 6) is -0.370. The molecule has 0 saturated heterocycles. The monoisotopic (exact) mass is 486 g/mol. The molecule has 0 aliphatic carbocycles. The van der Waals surface area contributed by atoms with Gasteiger partial charge in [-0.3, -0.25) is 9.52 Å². The van der Waals surface area contributed by atoms with Gasteiger partial charge in [0.15, 0.2) is 5.13 Å².